The number of fused-ring (bicyclic) bond motifs is 1. The van der Waals surface area contributed by atoms with Crippen molar-refractivity contribution >= 4 is 17.4 Å². The molecule has 0 aliphatic heterocycles. The van der Waals surface area contributed by atoms with Gasteiger partial charge in [-0.1, -0.05) is 23.7 Å². The van der Waals surface area contributed by atoms with Crippen molar-refractivity contribution in [3.8, 4) is 0 Å². The van der Waals surface area contributed by atoms with Gasteiger partial charge in [-0.15, -0.1) is 0 Å². The number of aryl methyl sites for hydroxylation is 1. The maximum absolute atomic E-state index is 15.6. The van der Waals surface area contributed by atoms with Crippen molar-refractivity contribution in [3.05, 3.63) is 64.2 Å². The monoisotopic (exact) mass is 365 g/mol. The normalized spacial score (nSPS) is 25.5. The molecule has 1 heterocycles. The Kier molecular flexibility index (Phi) is 4.64. The molecule has 1 aliphatic rings. The lowest BCUT2D eigenvalue weighted by molar-refractivity contribution is -0.134. The maximum atomic E-state index is 15.6. The van der Waals surface area contributed by atoms with Crippen molar-refractivity contribution in [2.24, 2.45) is 0 Å². The molecule has 25 heavy (non-hydrogen) atoms. The first-order chi connectivity index (χ1) is 11.7. The number of Topliss-reactive ketones (excluding diaryl/α,β-unsaturated/α-hetero) is 1. The molecule has 1 N–H and O–H groups in total. The van der Waals surface area contributed by atoms with Gasteiger partial charge in [0, 0.05) is 23.2 Å². The van der Waals surface area contributed by atoms with Crippen molar-refractivity contribution in [2.45, 2.75) is 43.9 Å². The quantitative estimate of drug-likeness (QED) is 0.881. The van der Waals surface area contributed by atoms with E-state index in [1.54, 1.807) is 13.0 Å². The van der Waals surface area contributed by atoms with Crippen molar-refractivity contribution in [1.29, 1.82) is 0 Å². The van der Waals surface area contributed by atoms with Crippen LogP contribution in [-0.4, -0.2) is 15.9 Å². The van der Waals surface area contributed by atoms with Gasteiger partial charge in [-0.2, -0.15) is 0 Å². The summed E-state index contributed by atoms with van der Waals surface area (Å²) in [6.07, 6.45) is 1.37. The number of halogens is 3. The summed E-state index contributed by atoms with van der Waals surface area (Å²) in [7, 11) is 0. The molecule has 0 radical (unpaired) electrons. The highest BCUT2D eigenvalue weighted by Gasteiger charge is 2.49. The van der Waals surface area contributed by atoms with Crippen LogP contribution in [0.5, 0.6) is 0 Å². The predicted octanol–water partition coefficient (Wildman–Crippen LogP) is 4.24. The summed E-state index contributed by atoms with van der Waals surface area (Å²) in [5, 5.41) is 10.7. The molecular formula is C19H18ClF2NO2. The number of pyridine rings is 1. The summed E-state index contributed by atoms with van der Waals surface area (Å²) in [5.74, 6) is -1.14. The van der Waals surface area contributed by atoms with E-state index in [-0.39, 0.29) is 42.0 Å². The average Bonchev–Trinajstić information content (AvgIpc) is 2.58. The van der Waals surface area contributed by atoms with Crippen LogP contribution in [0, 0.1) is 5.82 Å². The molecule has 0 unspecified atom stereocenters. The first-order valence-electron chi connectivity index (χ1n) is 8.08. The Hall–Kier alpha value is -1.85. The third-order valence-electron chi connectivity index (χ3n) is 4.78. The number of rotatable bonds is 4. The summed E-state index contributed by atoms with van der Waals surface area (Å²) >= 11 is 5.71. The second-order valence-corrected chi connectivity index (χ2v) is 7.07. The Morgan fingerprint density at radius 2 is 2.12 bits per heavy atom. The SMILES string of the molecule is C[C@]1(O)CC[C@@](F)(C(=O)CCc2ccc(Cl)cc2F)c2cccnc21. The molecule has 0 saturated carbocycles. The first-order valence-corrected chi connectivity index (χ1v) is 8.46. The van der Waals surface area contributed by atoms with Crippen molar-refractivity contribution < 1.29 is 18.7 Å². The predicted molar refractivity (Wildman–Crippen MR) is 90.6 cm³/mol. The molecule has 2 aromatic rings. The Labute approximate surface area is 149 Å². The molecule has 6 heteroatoms. The van der Waals surface area contributed by atoms with E-state index in [1.165, 1.54) is 30.5 Å². The minimum Gasteiger partial charge on any atom is -0.384 e. The minimum atomic E-state index is -2.21. The van der Waals surface area contributed by atoms with Crippen LogP contribution in [0.2, 0.25) is 5.02 Å². The van der Waals surface area contributed by atoms with E-state index < -0.39 is 22.9 Å². The van der Waals surface area contributed by atoms with Crippen LogP contribution in [0.4, 0.5) is 8.78 Å². The fraction of sp³-hybridized carbons (Fsp3) is 0.368. The summed E-state index contributed by atoms with van der Waals surface area (Å²) in [6, 6.07) is 7.23. The maximum Gasteiger partial charge on any atom is 0.195 e. The van der Waals surface area contributed by atoms with Gasteiger partial charge in [0.25, 0.3) is 0 Å². The van der Waals surface area contributed by atoms with Gasteiger partial charge in [0.05, 0.1) is 5.69 Å². The van der Waals surface area contributed by atoms with Crippen LogP contribution in [0.3, 0.4) is 0 Å². The number of nitrogens with zero attached hydrogens (tertiary/aromatic N) is 1. The molecule has 132 valence electrons. The number of aliphatic hydroxyl groups is 1. The van der Waals surface area contributed by atoms with E-state index in [2.05, 4.69) is 4.98 Å². The minimum absolute atomic E-state index is 0.0828. The van der Waals surface area contributed by atoms with Crippen LogP contribution in [0.25, 0.3) is 0 Å². The molecule has 0 amide bonds. The molecule has 3 nitrogen and oxygen atoms in total. The van der Waals surface area contributed by atoms with Crippen LogP contribution >= 0.6 is 11.6 Å². The smallest absolute Gasteiger partial charge is 0.195 e. The number of ketones is 1. The van der Waals surface area contributed by atoms with Gasteiger partial charge in [-0.05, 0) is 49.9 Å². The summed E-state index contributed by atoms with van der Waals surface area (Å²) in [6.45, 7) is 1.56. The average molecular weight is 366 g/mol. The molecule has 0 saturated heterocycles. The second kappa shape index (κ2) is 6.46. The third-order valence-corrected chi connectivity index (χ3v) is 5.01. The second-order valence-electron chi connectivity index (χ2n) is 6.63. The van der Waals surface area contributed by atoms with Crippen LogP contribution in [-0.2, 0) is 22.5 Å². The third kappa shape index (κ3) is 3.31. The molecule has 3 rings (SSSR count). The number of carbonyl (C=O) groups excluding carboxylic acids is 1. The lowest BCUT2D eigenvalue weighted by atomic mass is 9.73. The molecular weight excluding hydrogens is 348 g/mol. The largest absolute Gasteiger partial charge is 0.384 e. The molecule has 0 spiro atoms. The summed E-state index contributed by atoms with van der Waals surface area (Å²) in [4.78, 5) is 16.7. The number of hydrogen-bond donors (Lipinski definition) is 1. The zero-order chi connectivity index (χ0) is 18.2. The molecule has 1 aromatic carbocycles. The zero-order valence-electron chi connectivity index (χ0n) is 13.7. The highest BCUT2D eigenvalue weighted by molar-refractivity contribution is 6.30. The van der Waals surface area contributed by atoms with E-state index in [4.69, 9.17) is 11.6 Å². The number of alkyl halides is 1. The molecule has 1 aromatic heterocycles. The van der Waals surface area contributed by atoms with Gasteiger partial charge in [0.15, 0.2) is 11.5 Å². The summed E-state index contributed by atoms with van der Waals surface area (Å²) in [5.41, 5.74) is -2.87. The van der Waals surface area contributed by atoms with Gasteiger partial charge in [0.1, 0.15) is 11.4 Å². The Morgan fingerprint density at radius 1 is 1.36 bits per heavy atom. The highest BCUT2D eigenvalue weighted by Crippen LogP contribution is 2.46. The van der Waals surface area contributed by atoms with E-state index >= 15 is 4.39 Å². The van der Waals surface area contributed by atoms with Crippen LogP contribution in [0.1, 0.15) is 43.0 Å². The topological polar surface area (TPSA) is 50.2 Å². The fourth-order valence-corrected chi connectivity index (χ4v) is 3.44. The molecule has 1 aliphatic carbocycles. The number of aromatic nitrogens is 1. The fourth-order valence-electron chi connectivity index (χ4n) is 3.28. The highest BCUT2D eigenvalue weighted by atomic mass is 35.5. The van der Waals surface area contributed by atoms with E-state index in [1.807, 2.05) is 0 Å². The zero-order valence-corrected chi connectivity index (χ0v) is 14.5. The van der Waals surface area contributed by atoms with E-state index in [0.29, 0.717) is 5.56 Å². The molecule has 0 bridgehead atoms. The Morgan fingerprint density at radius 3 is 2.84 bits per heavy atom. The number of benzene rings is 1. The first kappa shape index (κ1) is 18.0. The Balaban J connectivity index is 1.84. The Bertz CT molecular complexity index is 825. The standard InChI is InChI=1S/C19H18ClF2NO2/c1-18(25)8-9-19(22,14-3-2-10-23-17(14)18)16(24)7-5-12-4-6-13(20)11-15(12)21/h2-4,6,10-11,25H,5,7-9H2,1H3/t18-,19-/m0/s1. The molecule has 0 fully saturated rings. The lowest BCUT2D eigenvalue weighted by Crippen LogP contribution is -2.42. The van der Waals surface area contributed by atoms with E-state index in [0.717, 1.165) is 0 Å². The number of carbonyl (C=O) groups is 1. The van der Waals surface area contributed by atoms with Crippen molar-refractivity contribution in [2.75, 3.05) is 0 Å². The van der Waals surface area contributed by atoms with Gasteiger partial charge in [-0.25, -0.2) is 8.78 Å². The van der Waals surface area contributed by atoms with Gasteiger partial charge >= 0.3 is 0 Å². The lowest BCUT2D eigenvalue weighted by Gasteiger charge is -2.37. The van der Waals surface area contributed by atoms with Gasteiger partial charge in [0.2, 0.25) is 0 Å². The molecule has 2 atom stereocenters. The van der Waals surface area contributed by atoms with Gasteiger partial charge < -0.3 is 5.11 Å². The summed E-state index contributed by atoms with van der Waals surface area (Å²) < 4.78 is 29.4. The van der Waals surface area contributed by atoms with E-state index in [9.17, 15) is 14.3 Å². The van der Waals surface area contributed by atoms with Crippen molar-refractivity contribution in [3.63, 3.8) is 0 Å². The van der Waals surface area contributed by atoms with Crippen LogP contribution < -0.4 is 0 Å². The van der Waals surface area contributed by atoms with Gasteiger partial charge in [-0.3, -0.25) is 9.78 Å². The van der Waals surface area contributed by atoms with Crippen molar-refractivity contribution in [1.82, 2.24) is 4.98 Å². The number of hydrogen-bond acceptors (Lipinski definition) is 3. The van der Waals surface area contributed by atoms with Crippen LogP contribution in [0.15, 0.2) is 36.5 Å².